The van der Waals surface area contributed by atoms with Gasteiger partial charge in [-0.05, 0) is 30.3 Å². The first-order valence-corrected chi connectivity index (χ1v) is 6.26. The van der Waals surface area contributed by atoms with E-state index in [9.17, 15) is 18.0 Å². The van der Waals surface area contributed by atoms with Crippen LogP contribution < -0.4 is 5.32 Å². The summed E-state index contributed by atoms with van der Waals surface area (Å²) in [6, 6.07) is 7.42. The third-order valence-electron chi connectivity index (χ3n) is 2.42. The summed E-state index contributed by atoms with van der Waals surface area (Å²) in [4.78, 5) is 15.8. The lowest BCUT2D eigenvalue weighted by Gasteiger charge is -2.09. The zero-order valence-electron chi connectivity index (χ0n) is 9.91. The highest BCUT2D eigenvalue weighted by atomic mass is 79.9. The van der Waals surface area contributed by atoms with Crippen molar-refractivity contribution in [2.75, 3.05) is 5.32 Å². The van der Waals surface area contributed by atoms with Crippen molar-refractivity contribution in [3.05, 3.63) is 58.2 Å². The third kappa shape index (κ3) is 3.57. The van der Waals surface area contributed by atoms with Crippen LogP contribution in [0, 0.1) is 0 Å². The number of hydrogen-bond donors (Lipinski definition) is 1. The normalized spacial score (nSPS) is 11.2. The summed E-state index contributed by atoms with van der Waals surface area (Å²) in [5.41, 5.74) is -0.950. The number of hydrogen-bond acceptors (Lipinski definition) is 2. The Hall–Kier alpha value is -1.89. The Bertz CT molecular complexity index is 644. The van der Waals surface area contributed by atoms with Crippen LogP contribution in [-0.4, -0.2) is 10.9 Å². The number of nitrogens with one attached hydrogen (secondary N) is 1. The third-order valence-corrected chi connectivity index (χ3v) is 2.91. The summed E-state index contributed by atoms with van der Waals surface area (Å²) in [6.45, 7) is 0. The van der Waals surface area contributed by atoms with Crippen molar-refractivity contribution in [1.29, 1.82) is 0 Å². The second kappa shape index (κ2) is 5.62. The minimum atomic E-state index is -4.48. The van der Waals surface area contributed by atoms with Crippen molar-refractivity contribution in [3.8, 4) is 0 Å². The van der Waals surface area contributed by atoms with Crippen LogP contribution in [0.2, 0.25) is 0 Å². The molecule has 0 atom stereocenters. The van der Waals surface area contributed by atoms with Gasteiger partial charge in [0.25, 0.3) is 5.91 Å². The number of nitrogens with zero attached hydrogens (tertiary/aromatic N) is 1. The molecule has 0 aliphatic carbocycles. The molecule has 1 aromatic carbocycles. The highest BCUT2D eigenvalue weighted by Crippen LogP contribution is 2.29. The molecule has 1 aromatic heterocycles. The standard InChI is InChI=1S/C13H8BrF3N2O/c14-10-4-5-18-11(7-10)19-12(20)8-2-1-3-9(6-8)13(15,16)17/h1-7H,(H,18,19,20). The molecule has 0 radical (unpaired) electrons. The summed E-state index contributed by atoms with van der Waals surface area (Å²) in [5, 5.41) is 2.43. The molecular weight excluding hydrogens is 337 g/mol. The Morgan fingerprint density at radius 1 is 1.20 bits per heavy atom. The lowest BCUT2D eigenvalue weighted by atomic mass is 10.1. The molecule has 104 valence electrons. The van der Waals surface area contributed by atoms with Gasteiger partial charge in [0.2, 0.25) is 0 Å². The van der Waals surface area contributed by atoms with E-state index in [2.05, 4.69) is 26.2 Å². The number of rotatable bonds is 2. The SMILES string of the molecule is O=C(Nc1cc(Br)ccn1)c1cccc(C(F)(F)F)c1. The lowest BCUT2D eigenvalue weighted by Crippen LogP contribution is -2.14. The molecule has 0 unspecified atom stereocenters. The van der Waals surface area contributed by atoms with Crippen LogP contribution in [0.1, 0.15) is 15.9 Å². The predicted octanol–water partition coefficient (Wildman–Crippen LogP) is 4.12. The molecule has 0 bridgehead atoms. The van der Waals surface area contributed by atoms with E-state index >= 15 is 0 Å². The Balaban J connectivity index is 2.22. The van der Waals surface area contributed by atoms with Crippen LogP contribution in [0.5, 0.6) is 0 Å². The van der Waals surface area contributed by atoms with Crippen LogP contribution in [0.15, 0.2) is 47.1 Å². The molecule has 0 saturated carbocycles. The Labute approximate surface area is 121 Å². The van der Waals surface area contributed by atoms with E-state index in [1.807, 2.05) is 0 Å². The molecule has 2 rings (SSSR count). The Kier molecular flexibility index (Phi) is 4.08. The number of anilines is 1. The van der Waals surface area contributed by atoms with Gasteiger partial charge in [0.05, 0.1) is 5.56 Å². The van der Waals surface area contributed by atoms with Crippen molar-refractivity contribution in [3.63, 3.8) is 0 Å². The minimum Gasteiger partial charge on any atom is -0.307 e. The Morgan fingerprint density at radius 3 is 2.60 bits per heavy atom. The molecule has 1 amide bonds. The molecule has 0 saturated heterocycles. The topological polar surface area (TPSA) is 42.0 Å². The molecule has 0 spiro atoms. The fourth-order valence-corrected chi connectivity index (χ4v) is 1.83. The molecule has 7 heteroatoms. The van der Waals surface area contributed by atoms with Crippen molar-refractivity contribution in [1.82, 2.24) is 4.98 Å². The largest absolute Gasteiger partial charge is 0.416 e. The van der Waals surface area contributed by atoms with Gasteiger partial charge in [-0.1, -0.05) is 22.0 Å². The number of halogens is 4. The van der Waals surface area contributed by atoms with Gasteiger partial charge in [0.1, 0.15) is 5.82 Å². The Morgan fingerprint density at radius 2 is 1.95 bits per heavy atom. The van der Waals surface area contributed by atoms with E-state index in [1.54, 1.807) is 12.1 Å². The first-order chi connectivity index (χ1) is 9.36. The van der Waals surface area contributed by atoms with E-state index in [1.165, 1.54) is 18.3 Å². The van der Waals surface area contributed by atoms with Crippen molar-refractivity contribution in [2.24, 2.45) is 0 Å². The van der Waals surface area contributed by atoms with Crippen molar-refractivity contribution < 1.29 is 18.0 Å². The smallest absolute Gasteiger partial charge is 0.307 e. The summed E-state index contributed by atoms with van der Waals surface area (Å²) >= 11 is 3.21. The number of alkyl halides is 3. The second-order valence-corrected chi connectivity index (χ2v) is 4.81. The molecular formula is C13H8BrF3N2O. The molecule has 3 nitrogen and oxygen atoms in total. The molecule has 1 heterocycles. The average molecular weight is 345 g/mol. The van der Waals surface area contributed by atoms with E-state index in [4.69, 9.17) is 0 Å². The van der Waals surface area contributed by atoms with Gasteiger partial charge in [0, 0.05) is 16.2 Å². The highest BCUT2D eigenvalue weighted by Gasteiger charge is 2.30. The van der Waals surface area contributed by atoms with E-state index in [-0.39, 0.29) is 11.4 Å². The lowest BCUT2D eigenvalue weighted by molar-refractivity contribution is -0.137. The maximum atomic E-state index is 12.6. The number of aromatic nitrogens is 1. The van der Waals surface area contributed by atoms with Gasteiger partial charge in [-0.25, -0.2) is 4.98 Å². The average Bonchev–Trinajstić information content (AvgIpc) is 2.38. The van der Waals surface area contributed by atoms with Gasteiger partial charge >= 0.3 is 6.18 Å². The first-order valence-electron chi connectivity index (χ1n) is 5.46. The fraction of sp³-hybridized carbons (Fsp3) is 0.0769. The molecule has 2 aromatic rings. The van der Waals surface area contributed by atoms with E-state index < -0.39 is 17.6 Å². The number of benzene rings is 1. The predicted molar refractivity (Wildman–Crippen MR) is 71.3 cm³/mol. The van der Waals surface area contributed by atoms with Crippen LogP contribution >= 0.6 is 15.9 Å². The minimum absolute atomic E-state index is 0.0819. The van der Waals surface area contributed by atoms with Crippen LogP contribution in [0.4, 0.5) is 19.0 Å². The zero-order chi connectivity index (χ0) is 14.8. The van der Waals surface area contributed by atoms with E-state index in [0.717, 1.165) is 12.1 Å². The number of carbonyl (C=O) groups excluding carboxylic acids is 1. The molecule has 0 aliphatic heterocycles. The van der Waals surface area contributed by atoms with Gasteiger partial charge in [-0.3, -0.25) is 4.79 Å². The molecule has 1 N–H and O–H groups in total. The van der Waals surface area contributed by atoms with Crippen molar-refractivity contribution >= 4 is 27.7 Å². The summed E-state index contributed by atoms with van der Waals surface area (Å²) in [6.07, 6.45) is -3.02. The van der Waals surface area contributed by atoms with Gasteiger partial charge < -0.3 is 5.32 Å². The maximum Gasteiger partial charge on any atom is 0.416 e. The van der Waals surface area contributed by atoms with Crippen molar-refractivity contribution in [2.45, 2.75) is 6.18 Å². The molecule has 0 fully saturated rings. The molecule has 0 aliphatic rings. The fourth-order valence-electron chi connectivity index (χ4n) is 1.50. The number of carbonyl (C=O) groups is 1. The zero-order valence-corrected chi connectivity index (χ0v) is 11.5. The summed E-state index contributed by atoms with van der Waals surface area (Å²) < 4.78 is 38.4. The van der Waals surface area contributed by atoms with Gasteiger partial charge in [0.15, 0.2) is 0 Å². The van der Waals surface area contributed by atoms with E-state index in [0.29, 0.717) is 4.47 Å². The maximum absolute atomic E-state index is 12.6. The van der Waals surface area contributed by atoms with Crippen LogP contribution in [0.3, 0.4) is 0 Å². The number of pyridine rings is 1. The molecule has 20 heavy (non-hydrogen) atoms. The number of amides is 1. The van der Waals surface area contributed by atoms with Crippen LogP contribution in [0.25, 0.3) is 0 Å². The summed E-state index contributed by atoms with van der Waals surface area (Å²) in [5.74, 6) is -0.400. The second-order valence-electron chi connectivity index (χ2n) is 3.89. The first kappa shape index (κ1) is 14.5. The van der Waals surface area contributed by atoms with Gasteiger partial charge in [-0.15, -0.1) is 0 Å². The van der Waals surface area contributed by atoms with Gasteiger partial charge in [-0.2, -0.15) is 13.2 Å². The van der Waals surface area contributed by atoms with Crippen LogP contribution in [-0.2, 0) is 6.18 Å². The summed E-state index contributed by atoms with van der Waals surface area (Å²) in [7, 11) is 0. The highest BCUT2D eigenvalue weighted by molar-refractivity contribution is 9.10. The monoisotopic (exact) mass is 344 g/mol. The quantitative estimate of drug-likeness (QED) is 0.890.